The molecule has 1 aromatic carbocycles. The van der Waals surface area contributed by atoms with Gasteiger partial charge in [-0.05, 0) is 18.6 Å². The highest BCUT2D eigenvalue weighted by Gasteiger charge is 2.10. The number of methoxy groups -OCH3 is 1. The van der Waals surface area contributed by atoms with Crippen LogP contribution in [0.2, 0.25) is 0 Å². The van der Waals surface area contributed by atoms with Crippen molar-refractivity contribution in [3.05, 3.63) is 36.0 Å². The Morgan fingerprint density at radius 1 is 1.38 bits per heavy atom. The van der Waals surface area contributed by atoms with Crippen molar-refractivity contribution < 1.29 is 4.74 Å². The van der Waals surface area contributed by atoms with E-state index in [1.165, 1.54) is 0 Å². The Morgan fingerprint density at radius 3 is 2.81 bits per heavy atom. The molecule has 0 aliphatic carbocycles. The number of anilines is 1. The number of nitrogens with zero attached hydrogens (tertiary/aromatic N) is 2. The van der Waals surface area contributed by atoms with Crippen LogP contribution >= 0.6 is 0 Å². The van der Waals surface area contributed by atoms with Gasteiger partial charge in [0.2, 0.25) is 0 Å². The van der Waals surface area contributed by atoms with E-state index in [1.54, 1.807) is 7.11 Å². The van der Waals surface area contributed by atoms with Crippen molar-refractivity contribution in [1.82, 2.24) is 9.78 Å². The topological polar surface area (TPSA) is 53.1 Å². The molecule has 84 valence electrons. The summed E-state index contributed by atoms with van der Waals surface area (Å²) < 4.78 is 7.13. The third kappa shape index (κ3) is 1.74. The fourth-order valence-electron chi connectivity index (χ4n) is 1.71. The summed E-state index contributed by atoms with van der Waals surface area (Å²) in [7, 11) is 1.65. The summed E-state index contributed by atoms with van der Waals surface area (Å²) in [5.74, 6) is 1.32. The smallest absolute Gasteiger partial charge is 0.146 e. The van der Waals surface area contributed by atoms with Gasteiger partial charge in [0.15, 0.2) is 0 Å². The highest BCUT2D eigenvalue weighted by molar-refractivity contribution is 5.48. The van der Waals surface area contributed by atoms with Gasteiger partial charge in [0.25, 0.3) is 0 Å². The zero-order valence-corrected chi connectivity index (χ0v) is 9.47. The summed E-state index contributed by atoms with van der Waals surface area (Å²) in [5, 5.41) is 4.27. The fourth-order valence-corrected chi connectivity index (χ4v) is 1.71. The molecular formula is C12H15N3O. The van der Waals surface area contributed by atoms with Gasteiger partial charge in [0.05, 0.1) is 7.11 Å². The lowest BCUT2D eigenvalue weighted by molar-refractivity contribution is 0.411. The molecule has 4 heteroatoms. The third-order valence-corrected chi connectivity index (χ3v) is 2.48. The number of para-hydroxylation sites is 2. The van der Waals surface area contributed by atoms with Crippen LogP contribution in [0.3, 0.4) is 0 Å². The number of hydrogen-bond acceptors (Lipinski definition) is 3. The number of benzene rings is 1. The normalized spacial score (nSPS) is 10.4. The first-order valence-electron chi connectivity index (χ1n) is 5.24. The molecule has 1 heterocycles. The lowest BCUT2D eigenvalue weighted by Gasteiger charge is -2.10. The SMILES string of the molecule is CCc1cc(N)nn1-c1ccccc1OC. The van der Waals surface area contributed by atoms with E-state index in [9.17, 15) is 0 Å². The Hall–Kier alpha value is -1.97. The zero-order valence-electron chi connectivity index (χ0n) is 9.47. The second-order valence-electron chi connectivity index (χ2n) is 3.50. The van der Waals surface area contributed by atoms with E-state index in [1.807, 2.05) is 35.0 Å². The Kier molecular flexibility index (Phi) is 2.81. The van der Waals surface area contributed by atoms with E-state index in [4.69, 9.17) is 10.5 Å². The van der Waals surface area contributed by atoms with Crippen molar-refractivity contribution >= 4 is 5.82 Å². The van der Waals surface area contributed by atoms with Gasteiger partial charge >= 0.3 is 0 Å². The summed E-state index contributed by atoms with van der Waals surface area (Å²) in [6, 6.07) is 9.64. The average molecular weight is 217 g/mol. The van der Waals surface area contributed by atoms with Crippen LogP contribution in [-0.2, 0) is 6.42 Å². The van der Waals surface area contributed by atoms with Gasteiger partial charge in [-0.15, -0.1) is 0 Å². The molecule has 4 nitrogen and oxygen atoms in total. The fraction of sp³-hybridized carbons (Fsp3) is 0.250. The number of nitrogen functional groups attached to an aromatic ring is 1. The van der Waals surface area contributed by atoms with E-state index < -0.39 is 0 Å². The lowest BCUT2D eigenvalue weighted by atomic mass is 10.2. The van der Waals surface area contributed by atoms with Gasteiger partial charge in [-0.2, -0.15) is 5.10 Å². The number of ether oxygens (including phenoxy) is 1. The van der Waals surface area contributed by atoms with Gasteiger partial charge in [-0.25, -0.2) is 4.68 Å². The standard InChI is InChI=1S/C12H15N3O/c1-3-9-8-12(13)14-15(9)10-6-4-5-7-11(10)16-2/h4-8H,3H2,1-2H3,(H2,13,14). The summed E-state index contributed by atoms with van der Waals surface area (Å²) in [4.78, 5) is 0. The minimum Gasteiger partial charge on any atom is -0.494 e. The zero-order chi connectivity index (χ0) is 11.5. The maximum absolute atomic E-state index is 5.71. The van der Waals surface area contributed by atoms with Gasteiger partial charge in [-0.3, -0.25) is 0 Å². The van der Waals surface area contributed by atoms with Crippen LogP contribution in [0.4, 0.5) is 5.82 Å². The quantitative estimate of drug-likeness (QED) is 0.855. The largest absolute Gasteiger partial charge is 0.494 e. The second-order valence-corrected chi connectivity index (χ2v) is 3.50. The third-order valence-electron chi connectivity index (χ3n) is 2.48. The highest BCUT2D eigenvalue weighted by Crippen LogP contribution is 2.24. The van der Waals surface area contributed by atoms with E-state index >= 15 is 0 Å². The van der Waals surface area contributed by atoms with Crippen molar-refractivity contribution in [2.45, 2.75) is 13.3 Å². The Bertz CT molecular complexity index is 491. The molecular weight excluding hydrogens is 202 g/mol. The summed E-state index contributed by atoms with van der Waals surface area (Å²) in [5.41, 5.74) is 7.70. The molecule has 0 saturated carbocycles. The summed E-state index contributed by atoms with van der Waals surface area (Å²) in [6.45, 7) is 2.07. The van der Waals surface area contributed by atoms with Crippen molar-refractivity contribution in [2.75, 3.05) is 12.8 Å². The Labute approximate surface area is 94.6 Å². The van der Waals surface area contributed by atoms with Gasteiger partial charge in [0.1, 0.15) is 17.3 Å². The van der Waals surface area contributed by atoms with Crippen LogP contribution in [-0.4, -0.2) is 16.9 Å². The van der Waals surface area contributed by atoms with Crippen LogP contribution in [0.1, 0.15) is 12.6 Å². The van der Waals surface area contributed by atoms with Gasteiger partial charge < -0.3 is 10.5 Å². The first-order valence-corrected chi connectivity index (χ1v) is 5.24. The Morgan fingerprint density at radius 2 is 2.12 bits per heavy atom. The second kappa shape index (κ2) is 4.26. The molecule has 0 unspecified atom stereocenters. The molecule has 0 amide bonds. The monoisotopic (exact) mass is 217 g/mol. The molecule has 2 aromatic rings. The van der Waals surface area contributed by atoms with E-state index in [-0.39, 0.29) is 0 Å². The lowest BCUT2D eigenvalue weighted by Crippen LogP contribution is -2.03. The predicted molar refractivity (Wildman–Crippen MR) is 63.9 cm³/mol. The molecule has 0 fully saturated rings. The number of aryl methyl sites for hydroxylation is 1. The van der Waals surface area contributed by atoms with E-state index in [2.05, 4.69) is 12.0 Å². The molecule has 0 atom stereocenters. The molecule has 0 spiro atoms. The van der Waals surface area contributed by atoms with Crippen molar-refractivity contribution in [1.29, 1.82) is 0 Å². The van der Waals surface area contributed by atoms with E-state index in [0.29, 0.717) is 5.82 Å². The maximum atomic E-state index is 5.71. The number of nitrogens with two attached hydrogens (primary N) is 1. The molecule has 0 aliphatic heterocycles. The van der Waals surface area contributed by atoms with Crippen LogP contribution < -0.4 is 10.5 Å². The summed E-state index contributed by atoms with van der Waals surface area (Å²) in [6.07, 6.45) is 0.877. The number of aromatic nitrogens is 2. The van der Waals surface area contributed by atoms with Crippen LogP contribution in [0.25, 0.3) is 5.69 Å². The molecule has 0 aliphatic rings. The number of rotatable bonds is 3. The average Bonchev–Trinajstić information content (AvgIpc) is 2.70. The highest BCUT2D eigenvalue weighted by atomic mass is 16.5. The minimum atomic E-state index is 0.530. The summed E-state index contributed by atoms with van der Waals surface area (Å²) >= 11 is 0. The molecule has 1 aromatic heterocycles. The van der Waals surface area contributed by atoms with E-state index in [0.717, 1.165) is 23.6 Å². The predicted octanol–water partition coefficient (Wildman–Crippen LogP) is 2.03. The minimum absolute atomic E-state index is 0.530. The van der Waals surface area contributed by atoms with Crippen LogP contribution in [0.5, 0.6) is 5.75 Å². The first kappa shape index (κ1) is 10.5. The van der Waals surface area contributed by atoms with Crippen LogP contribution in [0, 0.1) is 0 Å². The van der Waals surface area contributed by atoms with Gasteiger partial charge in [0, 0.05) is 11.8 Å². The Balaban J connectivity index is 2.57. The molecule has 2 N–H and O–H groups in total. The first-order chi connectivity index (χ1) is 7.76. The molecule has 16 heavy (non-hydrogen) atoms. The molecule has 0 saturated heterocycles. The van der Waals surface area contributed by atoms with Crippen molar-refractivity contribution in [3.63, 3.8) is 0 Å². The van der Waals surface area contributed by atoms with Crippen molar-refractivity contribution in [2.24, 2.45) is 0 Å². The van der Waals surface area contributed by atoms with Gasteiger partial charge in [-0.1, -0.05) is 19.1 Å². The molecule has 2 rings (SSSR count). The van der Waals surface area contributed by atoms with Crippen LogP contribution in [0.15, 0.2) is 30.3 Å². The number of hydrogen-bond donors (Lipinski definition) is 1. The molecule has 0 bridgehead atoms. The van der Waals surface area contributed by atoms with Crippen molar-refractivity contribution in [3.8, 4) is 11.4 Å². The maximum Gasteiger partial charge on any atom is 0.146 e. The molecule has 0 radical (unpaired) electrons.